The molecule has 1 aliphatic rings. The summed E-state index contributed by atoms with van der Waals surface area (Å²) >= 11 is 0. The standard InChI is InChI=1S/C22H23N3O4/c1-27-19-13-16(21-24-22(29-25-21)15-7-3-2-4-8-15)11-12-18(19)28-14-20(26)23-17-9-5-6-10-17/h2-4,7-8,11-13,17H,5-6,9-10,14H2,1H3,(H,23,26). The number of hydrogen-bond acceptors (Lipinski definition) is 6. The number of hydrogen-bond donors (Lipinski definition) is 1. The summed E-state index contributed by atoms with van der Waals surface area (Å²) in [6, 6.07) is 15.2. The van der Waals surface area contributed by atoms with Gasteiger partial charge in [-0.25, -0.2) is 0 Å². The largest absolute Gasteiger partial charge is 0.493 e. The Kier molecular flexibility index (Phi) is 5.74. The third-order valence-electron chi connectivity index (χ3n) is 4.95. The van der Waals surface area contributed by atoms with Gasteiger partial charge in [0.2, 0.25) is 5.82 Å². The second kappa shape index (κ2) is 8.77. The van der Waals surface area contributed by atoms with Gasteiger partial charge in [0.15, 0.2) is 18.1 Å². The number of benzene rings is 2. The number of methoxy groups -OCH3 is 1. The lowest BCUT2D eigenvalue weighted by atomic mass is 10.2. The molecule has 0 aliphatic heterocycles. The van der Waals surface area contributed by atoms with E-state index in [1.54, 1.807) is 19.2 Å². The topological polar surface area (TPSA) is 86.5 Å². The van der Waals surface area contributed by atoms with Crippen molar-refractivity contribution in [3.05, 3.63) is 48.5 Å². The molecular weight excluding hydrogens is 370 g/mol. The lowest BCUT2D eigenvalue weighted by Gasteiger charge is -2.14. The first-order chi connectivity index (χ1) is 14.2. The van der Waals surface area contributed by atoms with E-state index in [0.29, 0.717) is 23.2 Å². The van der Waals surface area contributed by atoms with Crippen LogP contribution in [0.3, 0.4) is 0 Å². The van der Waals surface area contributed by atoms with Crippen molar-refractivity contribution in [2.75, 3.05) is 13.7 Å². The zero-order valence-electron chi connectivity index (χ0n) is 16.3. The van der Waals surface area contributed by atoms with E-state index >= 15 is 0 Å². The zero-order chi connectivity index (χ0) is 20.1. The lowest BCUT2D eigenvalue weighted by molar-refractivity contribution is -0.123. The average Bonchev–Trinajstić information content (AvgIpc) is 3.45. The van der Waals surface area contributed by atoms with E-state index in [2.05, 4.69) is 15.5 Å². The number of carbonyl (C=O) groups is 1. The molecule has 2 aromatic carbocycles. The Morgan fingerprint density at radius 3 is 2.66 bits per heavy atom. The fraction of sp³-hybridized carbons (Fsp3) is 0.318. The van der Waals surface area contributed by atoms with Gasteiger partial charge in [-0.15, -0.1) is 0 Å². The van der Waals surface area contributed by atoms with Crippen LogP contribution in [0.1, 0.15) is 25.7 Å². The summed E-state index contributed by atoms with van der Waals surface area (Å²) in [5.74, 6) is 1.77. The van der Waals surface area contributed by atoms with Gasteiger partial charge in [-0.3, -0.25) is 4.79 Å². The lowest BCUT2D eigenvalue weighted by Crippen LogP contribution is -2.36. The maximum atomic E-state index is 12.1. The zero-order valence-corrected chi connectivity index (χ0v) is 16.3. The molecule has 1 fully saturated rings. The molecule has 1 heterocycles. The van der Waals surface area contributed by atoms with Gasteiger partial charge in [-0.05, 0) is 43.2 Å². The van der Waals surface area contributed by atoms with Gasteiger partial charge >= 0.3 is 0 Å². The second-order valence-electron chi connectivity index (χ2n) is 6.99. The first-order valence-electron chi connectivity index (χ1n) is 9.72. The molecule has 3 aromatic rings. The minimum Gasteiger partial charge on any atom is -0.493 e. The molecule has 0 unspecified atom stereocenters. The van der Waals surface area contributed by atoms with Gasteiger partial charge in [0.1, 0.15) is 0 Å². The summed E-state index contributed by atoms with van der Waals surface area (Å²) < 4.78 is 16.5. The highest BCUT2D eigenvalue weighted by atomic mass is 16.5. The van der Waals surface area contributed by atoms with E-state index in [1.807, 2.05) is 36.4 Å². The number of aromatic nitrogens is 2. The highest BCUT2D eigenvalue weighted by Crippen LogP contribution is 2.32. The van der Waals surface area contributed by atoms with Crippen molar-refractivity contribution in [3.8, 4) is 34.3 Å². The normalized spacial score (nSPS) is 14.0. The van der Waals surface area contributed by atoms with E-state index in [9.17, 15) is 4.79 Å². The van der Waals surface area contributed by atoms with Crippen molar-refractivity contribution in [1.29, 1.82) is 0 Å². The molecule has 1 aliphatic carbocycles. The summed E-state index contributed by atoms with van der Waals surface area (Å²) in [6.45, 7) is -0.0490. The van der Waals surface area contributed by atoms with Crippen LogP contribution in [-0.2, 0) is 4.79 Å². The van der Waals surface area contributed by atoms with E-state index < -0.39 is 0 Å². The third-order valence-corrected chi connectivity index (χ3v) is 4.95. The van der Waals surface area contributed by atoms with Crippen molar-refractivity contribution < 1.29 is 18.8 Å². The Morgan fingerprint density at radius 1 is 1.10 bits per heavy atom. The molecule has 29 heavy (non-hydrogen) atoms. The molecule has 150 valence electrons. The molecule has 4 rings (SSSR count). The fourth-order valence-corrected chi connectivity index (χ4v) is 3.45. The summed E-state index contributed by atoms with van der Waals surface area (Å²) in [5, 5.41) is 7.06. The molecule has 0 radical (unpaired) electrons. The van der Waals surface area contributed by atoms with Crippen molar-refractivity contribution in [2.24, 2.45) is 0 Å². The van der Waals surface area contributed by atoms with Crippen LogP contribution >= 0.6 is 0 Å². The smallest absolute Gasteiger partial charge is 0.258 e. The number of rotatable bonds is 7. The molecule has 0 spiro atoms. The Balaban J connectivity index is 1.44. The molecule has 1 saturated carbocycles. The van der Waals surface area contributed by atoms with Crippen molar-refractivity contribution in [1.82, 2.24) is 15.5 Å². The third kappa shape index (κ3) is 4.56. The molecule has 1 N–H and O–H groups in total. The Hall–Kier alpha value is -3.35. The van der Waals surface area contributed by atoms with Gasteiger partial charge in [0.25, 0.3) is 11.8 Å². The predicted octanol–water partition coefficient (Wildman–Crippen LogP) is 3.85. The predicted molar refractivity (Wildman–Crippen MR) is 108 cm³/mol. The SMILES string of the molecule is COc1cc(-c2noc(-c3ccccc3)n2)ccc1OCC(=O)NC1CCCC1. The summed E-state index contributed by atoms with van der Waals surface area (Å²) in [4.78, 5) is 16.5. The van der Waals surface area contributed by atoms with Crippen LogP contribution in [0.2, 0.25) is 0 Å². The van der Waals surface area contributed by atoms with Crippen LogP contribution in [-0.4, -0.2) is 35.8 Å². The van der Waals surface area contributed by atoms with Gasteiger partial charge in [-0.1, -0.05) is 36.2 Å². The molecular formula is C22H23N3O4. The van der Waals surface area contributed by atoms with Crippen molar-refractivity contribution in [3.63, 3.8) is 0 Å². The molecule has 7 heteroatoms. The van der Waals surface area contributed by atoms with Gasteiger partial charge in [-0.2, -0.15) is 4.98 Å². The molecule has 1 aromatic heterocycles. The highest BCUT2D eigenvalue weighted by molar-refractivity contribution is 5.78. The molecule has 7 nitrogen and oxygen atoms in total. The van der Waals surface area contributed by atoms with Crippen molar-refractivity contribution in [2.45, 2.75) is 31.7 Å². The average molecular weight is 393 g/mol. The maximum Gasteiger partial charge on any atom is 0.258 e. The van der Waals surface area contributed by atoms with Crippen LogP contribution < -0.4 is 14.8 Å². The van der Waals surface area contributed by atoms with Gasteiger partial charge in [0.05, 0.1) is 7.11 Å². The van der Waals surface area contributed by atoms with Gasteiger partial charge < -0.3 is 19.3 Å². The first kappa shape index (κ1) is 19.0. The van der Waals surface area contributed by atoms with Crippen molar-refractivity contribution >= 4 is 5.91 Å². The number of ether oxygens (including phenoxy) is 2. The van der Waals surface area contributed by atoms with Gasteiger partial charge in [0, 0.05) is 17.2 Å². The summed E-state index contributed by atoms with van der Waals surface area (Å²) in [6.07, 6.45) is 4.42. The van der Waals surface area contributed by atoms with E-state index in [4.69, 9.17) is 14.0 Å². The fourth-order valence-electron chi connectivity index (χ4n) is 3.45. The first-order valence-corrected chi connectivity index (χ1v) is 9.72. The van der Waals surface area contributed by atoms with E-state index in [-0.39, 0.29) is 18.6 Å². The molecule has 0 saturated heterocycles. The molecule has 0 bridgehead atoms. The Morgan fingerprint density at radius 2 is 1.90 bits per heavy atom. The van der Waals surface area contributed by atoms with E-state index in [0.717, 1.165) is 24.0 Å². The van der Waals surface area contributed by atoms with Crippen LogP contribution in [0, 0.1) is 0 Å². The minimum atomic E-state index is -0.117. The van der Waals surface area contributed by atoms with Crippen LogP contribution in [0.15, 0.2) is 53.1 Å². The molecule has 0 atom stereocenters. The van der Waals surface area contributed by atoms with E-state index in [1.165, 1.54) is 12.8 Å². The Bertz CT molecular complexity index is 965. The number of amides is 1. The number of nitrogens with zero attached hydrogens (tertiary/aromatic N) is 2. The monoisotopic (exact) mass is 393 g/mol. The highest BCUT2D eigenvalue weighted by Gasteiger charge is 2.18. The maximum absolute atomic E-state index is 12.1. The summed E-state index contributed by atoms with van der Waals surface area (Å²) in [7, 11) is 1.55. The number of carbonyl (C=O) groups excluding carboxylic acids is 1. The quantitative estimate of drug-likeness (QED) is 0.656. The second-order valence-corrected chi connectivity index (χ2v) is 6.99. The Labute approximate surface area is 169 Å². The van der Waals surface area contributed by atoms with Crippen LogP contribution in [0.5, 0.6) is 11.5 Å². The summed E-state index contributed by atoms with van der Waals surface area (Å²) in [5.41, 5.74) is 1.59. The minimum absolute atomic E-state index is 0.0490. The van der Waals surface area contributed by atoms with Crippen LogP contribution in [0.25, 0.3) is 22.8 Å². The molecule has 1 amide bonds. The van der Waals surface area contributed by atoms with Crippen LogP contribution in [0.4, 0.5) is 0 Å². The number of nitrogens with one attached hydrogen (secondary N) is 1.